The second-order valence-electron chi connectivity index (χ2n) is 6.31. The molecule has 146 valence electrons. The van der Waals surface area contributed by atoms with Crippen molar-refractivity contribution in [3.8, 4) is 5.75 Å². The minimum Gasteiger partial charge on any atom is -0.497 e. The minimum atomic E-state index is -0.435. The molecule has 0 aliphatic carbocycles. The summed E-state index contributed by atoms with van der Waals surface area (Å²) >= 11 is 5.88. The summed E-state index contributed by atoms with van der Waals surface area (Å²) < 4.78 is 5.17. The third kappa shape index (κ3) is 4.61. The fraction of sp³-hybridized carbons (Fsp3) is 0.250. The van der Waals surface area contributed by atoms with Gasteiger partial charge < -0.3 is 14.5 Å². The molecule has 0 bridgehead atoms. The number of nitro groups is 1. The monoisotopic (exact) mass is 401 g/mol. The Hall–Kier alpha value is -3.06. The van der Waals surface area contributed by atoms with E-state index in [4.69, 9.17) is 16.3 Å². The standard InChI is InChI=1S/C20H20ClN3O4/c1-28-17-4-2-3-15(13-17)5-8-20(25)23-11-9-22(10-12-23)18-7-6-16(21)14-19(18)24(26)27/h2-8,13-14H,9-12H2,1H3. The van der Waals surface area contributed by atoms with Crippen LogP contribution >= 0.6 is 11.6 Å². The summed E-state index contributed by atoms with van der Waals surface area (Å²) in [7, 11) is 1.60. The highest BCUT2D eigenvalue weighted by Gasteiger charge is 2.25. The average molecular weight is 402 g/mol. The molecule has 0 unspecified atom stereocenters. The fourth-order valence-electron chi connectivity index (χ4n) is 3.10. The number of ether oxygens (including phenoxy) is 1. The van der Waals surface area contributed by atoms with E-state index in [0.717, 1.165) is 11.3 Å². The van der Waals surface area contributed by atoms with E-state index in [9.17, 15) is 14.9 Å². The molecule has 1 amide bonds. The number of hydrogen-bond donors (Lipinski definition) is 0. The van der Waals surface area contributed by atoms with E-state index in [1.807, 2.05) is 29.2 Å². The largest absolute Gasteiger partial charge is 0.497 e. The molecule has 0 radical (unpaired) electrons. The van der Waals surface area contributed by atoms with E-state index in [0.29, 0.717) is 36.9 Å². The summed E-state index contributed by atoms with van der Waals surface area (Å²) in [5, 5.41) is 11.6. The summed E-state index contributed by atoms with van der Waals surface area (Å²) in [5.41, 5.74) is 1.38. The Labute approximate surface area is 167 Å². The number of anilines is 1. The number of piperazine rings is 1. The molecule has 1 saturated heterocycles. The number of amides is 1. The number of halogens is 1. The molecule has 1 heterocycles. The van der Waals surface area contributed by atoms with Crippen LogP contribution in [0.2, 0.25) is 5.02 Å². The number of carbonyl (C=O) groups excluding carboxylic acids is 1. The number of nitro benzene ring substituents is 1. The summed E-state index contributed by atoms with van der Waals surface area (Å²) in [5.74, 6) is 0.640. The number of nitrogens with zero attached hydrogens (tertiary/aromatic N) is 3. The van der Waals surface area contributed by atoms with Crippen LogP contribution in [0, 0.1) is 10.1 Å². The molecular weight excluding hydrogens is 382 g/mol. The second kappa shape index (κ2) is 8.75. The van der Waals surface area contributed by atoms with Crippen LogP contribution in [0.1, 0.15) is 5.56 Å². The third-order valence-corrected chi connectivity index (χ3v) is 4.81. The summed E-state index contributed by atoms with van der Waals surface area (Å²) in [6.07, 6.45) is 3.29. The first-order chi connectivity index (χ1) is 13.5. The Morgan fingerprint density at radius 2 is 1.93 bits per heavy atom. The maximum Gasteiger partial charge on any atom is 0.294 e. The molecule has 8 heteroatoms. The summed E-state index contributed by atoms with van der Waals surface area (Å²) in [6, 6.07) is 12.1. The molecule has 1 aliphatic heterocycles. The number of carbonyl (C=O) groups is 1. The molecule has 1 fully saturated rings. The summed E-state index contributed by atoms with van der Waals surface area (Å²) in [4.78, 5) is 26.9. The first-order valence-electron chi connectivity index (χ1n) is 8.78. The molecule has 0 saturated carbocycles. The first-order valence-corrected chi connectivity index (χ1v) is 9.15. The van der Waals surface area contributed by atoms with Crippen LogP contribution in [0.15, 0.2) is 48.5 Å². The van der Waals surface area contributed by atoms with Gasteiger partial charge in [-0.15, -0.1) is 0 Å². The number of benzene rings is 2. The summed E-state index contributed by atoms with van der Waals surface area (Å²) in [6.45, 7) is 2.00. The molecule has 7 nitrogen and oxygen atoms in total. The Morgan fingerprint density at radius 1 is 1.18 bits per heavy atom. The van der Waals surface area contributed by atoms with E-state index in [1.54, 1.807) is 30.2 Å². The highest BCUT2D eigenvalue weighted by atomic mass is 35.5. The van der Waals surface area contributed by atoms with Gasteiger partial charge in [-0.25, -0.2) is 0 Å². The van der Waals surface area contributed by atoms with Crippen molar-refractivity contribution in [1.29, 1.82) is 0 Å². The SMILES string of the molecule is COc1cccc(C=CC(=O)N2CCN(c3ccc(Cl)cc3[N+](=O)[O-])CC2)c1. The lowest BCUT2D eigenvalue weighted by molar-refractivity contribution is -0.384. The highest BCUT2D eigenvalue weighted by molar-refractivity contribution is 6.30. The van der Waals surface area contributed by atoms with Gasteiger partial charge in [0.25, 0.3) is 5.69 Å². The van der Waals surface area contributed by atoms with Gasteiger partial charge in [-0.3, -0.25) is 14.9 Å². The van der Waals surface area contributed by atoms with Crippen LogP contribution < -0.4 is 9.64 Å². The lowest BCUT2D eigenvalue weighted by Gasteiger charge is -2.35. The van der Waals surface area contributed by atoms with Crippen molar-refractivity contribution in [2.75, 3.05) is 38.2 Å². The fourth-order valence-corrected chi connectivity index (χ4v) is 3.26. The number of methoxy groups -OCH3 is 1. The van der Waals surface area contributed by atoms with Crippen LogP contribution in [0.4, 0.5) is 11.4 Å². The molecule has 1 aliphatic rings. The molecule has 0 aromatic heterocycles. The van der Waals surface area contributed by atoms with Crippen molar-refractivity contribution in [2.24, 2.45) is 0 Å². The van der Waals surface area contributed by atoms with Crippen molar-refractivity contribution < 1.29 is 14.5 Å². The first kappa shape index (κ1) is 19.7. The van der Waals surface area contributed by atoms with Gasteiger partial charge in [0, 0.05) is 43.3 Å². The molecule has 2 aromatic carbocycles. The second-order valence-corrected chi connectivity index (χ2v) is 6.75. The van der Waals surface area contributed by atoms with E-state index in [1.165, 1.54) is 12.1 Å². The normalized spacial score (nSPS) is 14.4. The number of hydrogen-bond acceptors (Lipinski definition) is 5. The molecule has 0 N–H and O–H groups in total. The van der Waals surface area contributed by atoms with Crippen molar-refractivity contribution in [1.82, 2.24) is 4.90 Å². The molecule has 3 rings (SSSR count). The third-order valence-electron chi connectivity index (χ3n) is 4.58. The lowest BCUT2D eigenvalue weighted by atomic mass is 10.2. The molecule has 28 heavy (non-hydrogen) atoms. The molecule has 2 aromatic rings. The van der Waals surface area contributed by atoms with Gasteiger partial charge in [0.15, 0.2) is 0 Å². The van der Waals surface area contributed by atoms with Crippen LogP contribution in [0.5, 0.6) is 5.75 Å². The van der Waals surface area contributed by atoms with Gasteiger partial charge in [-0.1, -0.05) is 23.7 Å². The Morgan fingerprint density at radius 3 is 2.61 bits per heavy atom. The Balaban J connectivity index is 1.63. The van der Waals surface area contributed by atoms with Crippen molar-refractivity contribution in [3.63, 3.8) is 0 Å². The van der Waals surface area contributed by atoms with Gasteiger partial charge in [0.05, 0.1) is 12.0 Å². The zero-order valence-electron chi connectivity index (χ0n) is 15.4. The quantitative estimate of drug-likeness (QED) is 0.434. The van der Waals surface area contributed by atoms with Gasteiger partial charge in [0.2, 0.25) is 5.91 Å². The van der Waals surface area contributed by atoms with E-state index in [-0.39, 0.29) is 11.6 Å². The molecule has 0 atom stereocenters. The minimum absolute atomic E-state index is 0.0230. The van der Waals surface area contributed by atoms with Crippen molar-refractivity contribution in [3.05, 3.63) is 69.2 Å². The van der Waals surface area contributed by atoms with Crippen molar-refractivity contribution >= 4 is 35.0 Å². The zero-order valence-corrected chi connectivity index (χ0v) is 16.1. The van der Waals surface area contributed by atoms with Crippen LogP contribution in [-0.4, -0.2) is 49.0 Å². The smallest absolute Gasteiger partial charge is 0.294 e. The van der Waals surface area contributed by atoms with E-state index in [2.05, 4.69) is 0 Å². The maximum atomic E-state index is 12.5. The van der Waals surface area contributed by atoms with Crippen LogP contribution in [-0.2, 0) is 4.79 Å². The topological polar surface area (TPSA) is 75.9 Å². The molecular formula is C20H20ClN3O4. The predicted octanol–water partition coefficient (Wildman–Crippen LogP) is 3.62. The Kier molecular flexibility index (Phi) is 6.16. The average Bonchev–Trinajstić information content (AvgIpc) is 2.72. The lowest BCUT2D eigenvalue weighted by Crippen LogP contribution is -2.48. The van der Waals surface area contributed by atoms with Gasteiger partial charge in [-0.2, -0.15) is 0 Å². The van der Waals surface area contributed by atoms with Gasteiger partial charge in [-0.05, 0) is 35.9 Å². The van der Waals surface area contributed by atoms with E-state index >= 15 is 0 Å². The predicted molar refractivity (Wildman–Crippen MR) is 109 cm³/mol. The highest BCUT2D eigenvalue weighted by Crippen LogP contribution is 2.31. The van der Waals surface area contributed by atoms with Gasteiger partial charge >= 0.3 is 0 Å². The molecule has 0 spiro atoms. The Bertz CT molecular complexity index is 908. The van der Waals surface area contributed by atoms with E-state index < -0.39 is 4.92 Å². The van der Waals surface area contributed by atoms with Crippen LogP contribution in [0.25, 0.3) is 6.08 Å². The van der Waals surface area contributed by atoms with Crippen LogP contribution in [0.3, 0.4) is 0 Å². The van der Waals surface area contributed by atoms with Gasteiger partial charge in [0.1, 0.15) is 11.4 Å². The maximum absolute atomic E-state index is 12.5. The number of rotatable bonds is 5. The zero-order chi connectivity index (χ0) is 20.1. The van der Waals surface area contributed by atoms with Crippen molar-refractivity contribution in [2.45, 2.75) is 0 Å².